The number of carbonyl (C=O) groups excluding carboxylic acids is 2. The number of nitrogens with one attached hydrogen (secondary N) is 1. The van der Waals surface area contributed by atoms with Crippen molar-refractivity contribution in [2.24, 2.45) is 0 Å². The summed E-state index contributed by atoms with van der Waals surface area (Å²) in [4.78, 5) is 28.2. The fraction of sp³-hybridized carbons (Fsp3) is 0.481. The molecule has 2 amide bonds. The van der Waals surface area contributed by atoms with Gasteiger partial charge in [0.05, 0.1) is 13.5 Å². The Morgan fingerprint density at radius 1 is 1.03 bits per heavy atom. The topological polar surface area (TPSA) is 58.6 Å². The van der Waals surface area contributed by atoms with Crippen LogP contribution in [0.15, 0.2) is 42.5 Å². The Balaban J connectivity index is 1.79. The van der Waals surface area contributed by atoms with Crippen LogP contribution in [0.3, 0.4) is 0 Å². The second kappa shape index (κ2) is 11.2. The van der Waals surface area contributed by atoms with Gasteiger partial charge in [-0.05, 0) is 68.0 Å². The van der Waals surface area contributed by atoms with Crippen molar-refractivity contribution >= 4 is 11.8 Å². The highest BCUT2D eigenvalue weighted by molar-refractivity contribution is 5.88. The van der Waals surface area contributed by atoms with Gasteiger partial charge in [-0.2, -0.15) is 0 Å². The largest absolute Gasteiger partial charge is 0.497 e. The summed E-state index contributed by atoms with van der Waals surface area (Å²) < 4.78 is 5.34. The number of aryl methyl sites for hydroxylation is 2. The molecule has 1 aliphatic carbocycles. The summed E-state index contributed by atoms with van der Waals surface area (Å²) in [5.41, 5.74) is 4.27. The molecule has 0 radical (unpaired) electrons. The van der Waals surface area contributed by atoms with E-state index in [-0.39, 0.29) is 24.3 Å². The van der Waals surface area contributed by atoms with E-state index < -0.39 is 6.04 Å². The van der Waals surface area contributed by atoms with Crippen LogP contribution in [0.25, 0.3) is 0 Å². The number of methoxy groups -OCH3 is 1. The Labute approximate surface area is 192 Å². The number of carbonyl (C=O) groups is 2. The number of benzene rings is 2. The van der Waals surface area contributed by atoms with Gasteiger partial charge in [-0.25, -0.2) is 0 Å². The van der Waals surface area contributed by atoms with Crippen LogP contribution < -0.4 is 10.1 Å². The van der Waals surface area contributed by atoms with E-state index in [1.54, 1.807) is 12.0 Å². The fourth-order valence-electron chi connectivity index (χ4n) is 4.31. The zero-order valence-electron chi connectivity index (χ0n) is 19.8. The zero-order valence-corrected chi connectivity index (χ0v) is 19.8. The average Bonchev–Trinajstić information content (AvgIpc) is 2.80. The molecule has 1 fully saturated rings. The summed E-state index contributed by atoms with van der Waals surface area (Å²) in [6.45, 7) is 6.31. The normalized spacial score (nSPS) is 15.1. The minimum Gasteiger partial charge on any atom is -0.497 e. The molecule has 5 heteroatoms. The Kier molecular flexibility index (Phi) is 8.32. The van der Waals surface area contributed by atoms with E-state index in [9.17, 15) is 9.59 Å². The van der Waals surface area contributed by atoms with Crippen LogP contribution in [-0.4, -0.2) is 35.9 Å². The van der Waals surface area contributed by atoms with Crippen LogP contribution in [0.1, 0.15) is 61.3 Å². The summed E-state index contributed by atoms with van der Waals surface area (Å²) >= 11 is 0. The van der Waals surface area contributed by atoms with Gasteiger partial charge in [-0.3, -0.25) is 9.59 Å². The van der Waals surface area contributed by atoms with Crippen LogP contribution in [-0.2, 0) is 22.6 Å². The van der Waals surface area contributed by atoms with Crippen molar-refractivity contribution in [2.45, 2.75) is 77.9 Å². The molecular weight excluding hydrogens is 400 g/mol. The molecule has 1 aliphatic rings. The minimum atomic E-state index is -0.554. The molecule has 0 aliphatic heterocycles. The first kappa shape index (κ1) is 23.8. The highest BCUT2D eigenvalue weighted by atomic mass is 16.5. The van der Waals surface area contributed by atoms with E-state index >= 15 is 0 Å². The van der Waals surface area contributed by atoms with Gasteiger partial charge in [-0.15, -0.1) is 0 Å². The summed E-state index contributed by atoms with van der Waals surface area (Å²) in [7, 11) is 1.63. The lowest BCUT2D eigenvalue weighted by Gasteiger charge is -2.31. The molecule has 1 atom stereocenters. The zero-order chi connectivity index (χ0) is 23.1. The van der Waals surface area contributed by atoms with Crippen LogP contribution in [0.5, 0.6) is 5.75 Å². The van der Waals surface area contributed by atoms with E-state index in [0.29, 0.717) is 6.54 Å². The van der Waals surface area contributed by atoms with E-state index in [1.807, 2.05) is 43.3 Å². The molecule has 5 nitrogen and oxygen atoms in total. The maximum absolute atomic E-state index is 13.4. The highest BCUT2D eigenvalue weighted by Crippen LogP contribution is 2.20. The third-order valence-electron chi connectivity index (χ3n) is 6.53. The Hall–Kier alpha value is -2.82. The fourth-order valence-corrected chi connectivity index (χ4v) is 4.31. The number of nitrogens with zero attached hydrogens (tertiary/aromatic N) is 1. The van der Waals surface area contributed by atoms with Crippen molar-refractivity contribution in [3.63, 3.8) is 0 Å². The van der Waals surface area contributed by atoms with Gasteiger partial charge in [-0.1, -0.05) is 49.6 Å². The second-order valence-corrected chi connectivity index (χ2v) is 8.99. The number of hydrogen-bond acceptors (Lipinski definition) is 3. The van der Waals surface area contributed by atoms with E-state index in [1.165, 1.54) is 12.0 Å². The molecule has 0 bridgehead atoms. The van der Waals surface area contributed by atoms with Gasteiger partial charge >= 0.3 is 0 Å². The number of amides is 2. The van der Waals surface area contributed by atoms with Gasteiger partial charge in [0, 0.05) is 12.6 Å². The average molecular weight is 437 g/mol. The monoisotopic (exact) mass is 436 g/mol. The molecule has 32 heavy (non-hydrogen) atoms. The Morgan fingerprint density at radius 3 is 2.47 bits per heavy atom. The van der Waals surface area contributed by atoms with E-state index in [4.69, 9.17) is 4.74 Å². The van der Waals surface area contributed by atoms with E-state index in [0.717, 1.165) is 48.1 Å². The smallest absolute Gasteiger partial charge is 0.242 e. The third-order valence-corrected chi connectivity index (χ3v) is 6.53. The number of ether oxygens (including phenoxy) is 1. The predicted octanol–water partition coefficient (Wildman–Crippen LogP) is 4.72. The number of hydrogen-bond donors (Lipinski definition) is 1. The number of rotatable bonds is 8. The summed E-state index contributed by atoms with van der Waals surface area (Å²) in [6.07, 6.45) is 5.84. The van der Waals surface area contributed by atoms with Crippen molar-refractivity contribution in [3.05, 3.63) is 64.7 Å². The molecule has 0 saturated heterocycles. The second-order valence-electron chi connectivity index (χ2n) is 8.99. The lowest BCUT2D eigenvalue weighted by Crippen LogP contribution is -2.50. The predicted molar refractivity (Wildman–Crippen MR) is 128 cm³/mol. The molecule has 3 rings (SSSR count). The quantitative estimate of drug-likeness (QED) is 0.651. The molecule has 0 aromatic heterocycles. The Morgan fingerprint density at radius 2 is 1.78 bits per heavy atom. The maximum atomic E-state index is 13.4. The van der Waals surface area contributed by atoms with Gasteiger partial charge in [0.1, 0.15) is 11.8 Å². The molecule has 172 valence electrons. The first-order valence-electron chi connectivity index (χ1n) is 11.7. The molecule has 0 spiro atoms. The molecular formula is C27H36N2O3. The van der Waals surface area contributed by atoms with Crippen molar-refractivity contribution in [1.82, 2.24) is 10.2 Å². The minimum absolute atomic E-state index is 0.0534. The summed E-state index contributed by atoms with van der Waals surface area (Å²) in [5.74, 6) is 0.610. The molecule has 1 N–H and O–H groups in total. The van der Waals surface area contributed by atoms with Crippen molar-refractivity contribution in [2.75, 3.05) is 7.11 Å². The van der Waals surface area contributed by atoms with Crippen molar-refractivity contribution in [3.8, 4) is 5.75 Å². The molecule has 0 unspecified atom stereocenters. The Bertz CT molecular complexity index is 934. The van der Waals surface area contributed by atoms with Gasteiger partial charge in [0.25, 0.3) is 0 Å². The highest BCUT2D eigenvalue weighted by Gasteiger charge is 2.28. The van der Waals surface area contributed by atoms with Crippen LogP contribution in [0, 0.1) is 13.8 Å². The van der Waals surface area contributed by atoms with Gasteiger partial charge in [0.15, 0.2) is 0 Å². The molecule has 2 aromatic rings. The van der Waals surface area contributed by atoms with Crippen LogP contribution in [0.4, 0.5) is 0 Å². The first-order valence-corrected chi connectivity index (χ1v) is 11.7. The molecule has 1 saturated carbocycles. The molecule has 2 aromatic carbocycles. The lowest BCUT2D eigenvalue weighted by molar-refractivity contribution is -0.140. The van der Waals surface area contributed by atoms with Crippen LogP contribution in [0.2, 0.25) is 0 Å². The first-order chi connectivity index (χ1) is 15.4. The van der Waals surface area contributed by atoms with Gasteiger partial charge < -0.3 is 15.0 Å². The summed E-state index contributed by atoms with van der Waals surface area (Å²) in [6, 6.07) is 13.4. The maximum Gasteiger partial charge on any atom is 0.242 e. The lowest BCUT2D eigenvalue weighted by atomic mass is 9.95. The third kappa shape index (κ3) is 6.35. The van der Waals surface area contributed by atoms with Crippen molar-refractivity contribution < 1.29 is 14.3 Å². The summed E-state index contributed by atoms with van der Waals surface area (Å²) in [5, 5.41) is 3.19. The van der Waals surface area contributed by atoms with Crippen molar-refractivity contribution in [1.29, 1.82) is 0 Å². The SMILES string of the molecule is COc1cccc(CN(C(=O)Cc2ccc(C)c(C)c2)[C@@H](C)C(=O)NC2CCCCC2)c1. The standard InChI is InChI=1S/C27H36N2O3/c1-19-13-14-22(15-20(19)2)17-26(30)29(18-23-9-8-12-25(16-23)32-4)21(3)27(31)28-24-10-6-5-7-11-24/h8-9,12-16,21,24H,5-7,10-11,17-18H2,1-4H3,(H,28,31)/t21-/m0/s1. The van der Waals surface area contributed by atoms with Crippen LogP contribution >= 0.6 is 0 Å². The van der Waals surface area contributed by atoms with E-state index in [2.05, 4.69) is 25.2 Å². The molecule has 0 heterocycles. The van der Waals surface area contributed by atoms with Gasteiger partial charge in [0.2, 0.25) is 11.8 Å².